The molecule has 0 aliphatic carbocycles. The van der Waals surface area contributed by atoms with Gasteiger partial charge in [0.1, 0.15) is 12.3 Å². The number of aryl methyl sites for hydroxylation is 1. The summed E-state index contributed by atoms with van der Waals surface area (Å²) in [6, 6.07) is 28.7. The number of ether oxygens (including phenoxy) is 1. The van der Waals surface area contributed by atoms with E-state index in [0.29, 0.717) is 37.5 Å². The van der Waals surface area contributed by atoms with Crippen LogP contribution in [0, 0.1) is 6.92 Å². The first-order valence-corrected chi connectivity index (χ1v) is 13.9. The van der Waals surface area contributed by atoms with Crippen LogP contribution >= 0.6 is 0 Å². The average molecular weight is 550 g/mol. The molecule has 8 nitrogen and oxygen atoms in total. The predicted octanol–water partition coefficient (Wildman–Crippen LogP) is 5.01. The third kappa shape index (κ3) is 6.54. The molecule has 0 N–H and O–H groups in total. The Bertz CT molecular complexity index is 1450. The Balaban J connectivity index is 1.24. The van der Waals surface area contributed by atoms with Crippen LogP contribution in [0.4, 0.5) is 5.82 Å². The zero-order chi connectivity index (χ0) is 28.8. The van der Waals surface area contributed by atoms with Crippen LogP contribution in [0.1, 0.15) is 34.5 Å². The lowest BCUT2D eigenvalue weighted by Gasteiger charge is -2.37. The molecule has 1 unspecified atom stereocenters. The second-order valence-corrected chi connectivity index (χ2v) is 10.3. The van der Waals surface area contributed by atoms with E-state index in [1.165, 1.54) is 5.56 Å². The molecule has 3 aromatic carbocycles. The molecule has 1 aliphatic heterocycles. The summed E-state index contributed by atoms with van der Waals surface area (Å²) < 4.78 is 5.24. The van der Waals surface area contributed by atoms with Crippen LogP contribution in [0.3, 0.4) is 0 Å². The Morgan fingerprint density at radius 1 is 0.854 bits per heavy atom. The van der Waals surface area contributed by atoms with Crippen LogP contribution < -0.4 is 9.64 Å². The van der Waals surface area contributed by atoms with Gasteiger partial charge < -0.3 is 19.4 Å². The summed E-state index contributed by atoms with van der Waals surface area (Å²) >= 11 is 0. The van der Waals surface area contributed by atoms with E-state index in [0.717, 1.165) is 22.6 Å². The normalized spacial score (nSPS) is 13.9. The Morgan fingerprint density at radius 2 is 1.54 bits per heavy atom. The number of methoxy groups -OCH3 is 1. The van der Waals surface area contributed by atoms with E-state index in [9.17, 15) is 9.59 Å². The van der Waals surface area contributed by atoms with Crippen LogP contribution in [-0.4, -0.2) is 71.6 Å². The van der Waals surface area contributed by atoms with E-state index in [-0.39, 0.29) is 24.4 Å². The topological polar surface area (TPSA) is 78.9 Å². The summed E-state index contributed by atoms with van der Waals surface area (Å²) in [4.78, 5) is 32.8. The summed E-state index contributed by atoms with van der Waals surface area (Å²) in [7, 11) is 1.59. The van der Waals surface area contributed by atoms with Crippen LogP contribution in [0.25, 0.3) is 11.3 Å². The van der Waals surface area contributed by atoms with E-state index < -0.39 is 0 Å². The van der Waals surface area contributed by atoms with Gasteiger partial charge in [0.15, 0.2) is 5.82 Å². The van der Waals surface area contributed by atoms with Gasteiger partial charge in [-0.2, -0.15) is 0 Å². The SMILES string of the molecule is COc1ccc(C(=O)N(CC(=O)N2CCN(c3ccc(-c4ccc(C)cc4)nn3)CC2)C(C)c2ccccc2)cc1. The number of benzene rings is 3. The molecule has 0 radical (unpaired) electrons. The number of anilines is 1. The standard InChI is InChI=1S/C33H35N5O3/c1-24-9-11-27(12-10-24)30-17-18-31(35-34-30)36-19-21-37(22-20-36)32(39)23-38(25(2)26-7-5-4-6-8-26)33(40)28-13-15-29(41-3)16-14-28/h4-18,25H,19-23H2,1-3H3. The highest BCUT2D eigenvalue weighted by Gasteiger charge is 2.29. The Morgan fingerprint density at radius 3 is 2.15 bits per heavy atom. The Labute approximate surface area is 241 Å². The highest BCUT2D eigenvalue weighted by atomic mass is 16.5. The maximum absolute atomic E-state index is 13.7. The summed E-state index contributed by atoms with van der Waals surface area (Å²) in [5, 5.41) is 8.89. The van der Waals surface area contributed by atoms with Crippen LogP contribution in [0.2, 0.25) is 0 Å². The summed E-state index contributed by atoms with van der Waals surface area (Å²) in [5.74, 6) is 1.20. The fourth-order valence-electron chi connectivity index (χ4n) is 5.00. The van der Waals surface area contributed by atoms with Crippen LogP contribution in [-0.2, 0) is 4.79 Å². The summed E-state index contributed by atoms with van der Waals surface area (Å²) in [5.41, 5.74) is 4.55. The number of rotatable bonds is 8. The van der Waals surface area contributed by atoms with Crippen molar-refractivity contribution in [2.45, 2.75) is 19.9 Å². The minimum Gasteiger partial charge on any atom is -0.497 e. The maximum atomic E-state index is 13.7. The highest BCUT2D eigenvalue weighted by molar-refractivity contribution is 5.97. The second-order valence-electron chi connectivity index (χ2n) is 10.3. The minimum atomic E-state index is -0.279. The van der Waals surface area contributed by atoms with Crippen molar-refractivity contribution in [3.05, 3.63) is 108 Å². The summed E-state index contributed by atoms with van der Waals surface area (Å²) in [6.07, 6.45) is 0. The second kappa shape index (κ2) is 12.6. The molecule has 1 fully saturated rings. The van der Waals surface area contributed by atoms with Crippen molar-refractivity contribution in [1.29, 1.82) is 0 Å². The number of carbonyl (C=O) groups is 2. The highest BCUT2D eigenvalue weighted by Crippen LogP contribution is 2.24. The van der Waals surface area contributed by atoms with Crippen molar-refractivity contribution < 1.29 is 14.3 Å². The van der Waals surface area contributed by atoms with Gasteiger partial charge in [-0.05, 0) is 55.8 Å². The molecule has 41 heavy (non-hydrogen) atoms. The van der Waals surface area contributed by atoms with Gasteiger partial charge >= 0.3 is 0 Å². The molecule has 1 aliphatic rings. The first-order chi connectivity index (χ1) is 19.9. The molecule has 0 spiro atoms. The molecular formula is C33H35N5O3. The molecule has 210 valence electrons. The number of hydrogen-bond donors (Lipinski definition) is 0. The van der Waals surface area contributed by atoms with Crippen molar-refractivity contribution in [3.8, 4) is 17.0 Å². The van der Waals surface area contributed by atoms with Gasteiger partial charge in [-0.25, -0.2) is 0 Å². The van der Waals surface area contributed by atoms with Crippen molar-refractivity contribution in [3.63, 3.8) is 0 Å². The third-order valence-electron chi connectivity index (χ3n) is 7.61. The molecular weight excluding hydrogens is 514 g/mol. The van der Waals surface area contributed by atoms with Gasteiger partial charge in [0.25, 0.3) is 5.91 Å². The van der Waals surface area contributed by atoms with Gasteiger partial charge in [0, 0.05) is 37.3 Å². The van der Waals surface area contributed by atoms with Crippen molar-refractivity contribution >= 4 is 17.6 Å². The predicted molar refractivity (Wildman–Crippen MR) is 160 cm³/mol. The number of aromatic nitrogens is 2. The van der Waals surface area contributed by atoms with Gasteiger partial charge in [0.05, 0.1) is 18.8 Å². The van der Waals surface area contributed by atoms with E-state index in [1.807, 2.05) is 66.4 Å². The van der Waals surface area contributed by atoms with Crippen molar-refractivity contribution in [2.75, 3.05) is 44.7 Å². The van der Waals surface area contributed by atoms with E-state index in [2.05, 4.69) is 34.2 Å². The molecule has 0 saturated carbocycles. The number of amides is 2. The number of piperazine rings is 1. The largest absolute Gasteiger partial charge is 0.497 e. The zero-order valence-corrected chi connectivity index (χ0v) is 23.7. The number of hydrogen-bond acceptors (Lipinski definition) is 6. The first-order valence-electron chi connectivity index (χ1n) is 13.9. The molecule has 1 atom stereocenters. The van der Waals surface area contributed by atoms with Crippen LogP contribution in [0.5, 0.6) is 5.75 Å². The summed E-state index contributed by atoms with van der Waals surface area (Å²) in [6.45, 7) is 6.39. The lowest BCUT2D eigenvalue weighted by Crippen LogP contribution is -2.52. The van der Waals surface area contributed by atoms with Crippen molar-refractivity contribution in [2.24, 2.45) is 0 Å². The smallest absolute Gasteiger partial charge is 0.254 e. The van der Waals surface area contributed by atoms with Gasteiger partial charge in [-0.15, -0.1) is 10.2 Å². The van der Waals surface area contributed by atoms with E-state index in [1.54, 1.807) is 36.3 Å². The Hall–Kier alpha value is -4.72. The lowest BCUT2D eigenvalue weighted by molar-refractivity contribution is -0.132. The molecule has 4 aromatic rings. The first kappa shape index (κ1) is 27.8. The molecule has 2 heterocycles. The third-order valence-corrected chi connectivity index (χ3v) is 7.61. The van der Waals surface area contributed by atoms with Crippen LogP contribution in [0.15, 0.2) is 91.0 Å². The fraction of sp³-hybridized carbons (Fsp3) is 0.273. The zero-order valence-electron chi connectivity index (χ0n) is 23.7. The minimum absolute atomic E-state index is 0.00796. The van der Waals surface area contributed by atoms with Crippen molar-refractivity contribution in [1.82, 2.24) is 20.0 Å². The number of carbonyl (C=O) groups excluding carboxylic acids is 2. The maximum Gasteiger partial charge on any atom is 0.254 e. The lowest BCUT2D eigenvalue weighted by atomic mass is 10.1. The fourth-order valence-corrected chi connectivity index (χ4v) is 5.00. The number of nitrogens with zero attached hydrogens (tertiary/aromatic N) is 5. The molecule has 8 heteroatoms. The molecule has 5 rings (SSSR count). The van der Waals surface area contributed by atoms with Gasteiger partial charge in [-0.3, -0.25) is 9.59 Å². The Kier molecular flexibility index (Phi) is 8.58. The molecule has 1 saturated heterocycles. The molecule has 0 bridgehead atoms. The van der Waals surface area contributed by atoms with Gasteiger partial charge in [0.2, 0.25) is 5.91 Å². The van der Waals surface area contributed by atoms with E-state index >= 15 is 0 Å². The molecule has 1 aromatic heterocycles. The average Bonchev–Trinajstić information content (AvgIpc) is 3.04. The molecule has 2 amide bonds. The monoisotopic (exact) mass is 549 g/mol. The van der Waals surface area contributed by atoms with Gasteiger partial charge in [-0.1, -0.05) is 60.2 Å². The quantitative estimate of drug-likeness (QED) is 0.307. The van der Waals surface area contributed by atoms with E-state index in [4.69, 9.17) is 4.74 Å².